The summed E-state index contributed by atoms with van der Waals surface area (Å²) in [5, 5.41) is 0. The molecule has 0 rings (SSSR count). The minimum atomic E-state index is -0.139. The molecule has 0 N–H and O–H groups in total. The normalized spacial score (nSPS) is 7.00. The molecule has 0 heterocycles. The summed E-state index contributed by atoms with van der Waals surface area (Å²) in [7, 11) is -0.139. The summed E-state index contributed by atoms with van der Waals surface area (Å²) >= 11 is 0. The van der Waals surface area contributed by atoms with E-state index in [2.05, 4.69) is 26.2 Å². The lowest BCUT2D eigenvalue weighted by Crippen LogP contribution is -1.84. The van der Waals surface area contributed by atoms with Gasteiger partial charge in [-0.1, -0.05) is 25.7 Å². The molecule has 0 unspecified atom stereocenters. The Morgan fingerprint density at radius 3 is 1.29 bits per heavy atom. The van der Waals surface area contributed by atoms with E-state index in [1.165, 1.54) is 0 Å². The van der Waals surface area contributed by atoms with Gasteiger partial charge in [-0.2, -0.15) is 0 Å². The molecule has 0 aliphatic rings. The first kappa shape index (κ1) is 10.0. The Balaban J connectivity index is 0. The van der Waals surface area contributed by atoms with Crippen LogP contribution in [0, 0.1) is 0 Å². The third-order valence-corrected chi connectivity index (χ3v) is 0. The molecular formula is C6H16Si. The van der Waals surface area contributed by atoms with E-state index in [9.17, 15) is 0 Å². The fraction of sp³-hybridized carbons (Fsp3) is 0.667. The molecular weight excluding hydrogens is 100 g/mol. The van der Waals surface area contributed by atoms with Crippen LogP contribution in [0.15, 0.2) is 12.7 Å². The number of hydrogen-bond donors (Lipinski definition) is 0. The van der Waals surface area contributed by atoms with Crippen LogP contribution in [0.5, 0.6) is 0 Å². The molecule has 0 spiro atoms. The van der Waals surface area contributed by atoms with Gasteiger partial charge in [0.15, 0.2) is 0 Å². The van der Waals surface area contributed by atoms with Gasteiger partial charge in [0.2, 0.25) is 0 Å². The van der Waals surface area contributed by atoms with Gasteiger partial charge >= 0.3 is 0 Å². The summed E-state index contributed by atoms with van der Waals surface area (Å²) in [4.78, 5) is 0. The van der Waals surface area contributed by atoms with Crippen LogP contribution in [0.4, 0.5) is 0 Å². The molecule has 0 radical (unpaired) electrons. The number of hydrogen-bond acceptors (Lipinski definition) is 0. The van der Waals surface area contributed by atoms with Crippen molar-refractivity contribution in [3.05, 3.63) is 12.7 Å². The largest absolute Gasteiger partial charge is 0.103 e. The zero-order valence-corrected chi connectivity index (χ0v) is 7.02. The molecule has 0 aliphatic heterocycles. The van der Waals surface area contributed by atoms with E-state index >= 15 is 0 Å². The molecule has 0 saturated carbocycles. The topological polar surface area (TPSA) is 0 Å². The smallest absolute Gasteiger partial charge is 0.0274 e. The standard InChI is InChI=1S/C3H10Si.C3H6/c1-4(2)3;1-3-2/h4H,1-3H3;3H,1H2,2H3. The molecule has 0 nitrogen and oxygen atoms in total. The Kier molecular flexibility index (Phi) is 13.4. The molecule has 0 aliphatic carbocycles. The highest BCUT2D eigenvalue weighted by atomic mass is 28.3. The molecule has 0 fully saturated rings. The van der Waals surface area contributed by atoms with Crippen LogP contribution in [-0.4, -0.2) is 8.80 Å². The number of allylic oxidation sites excluding steroid dienone is 1. The van der Waals surface area contributed by atoms with Gasteiger partial charge in [0.05, 0.1) is 0 Å². The van der Waals surface area contributed by atoms with Crippen LogP contribution < -0.4 is 0 Å². The highest BCUT2D eigenvalue weighted by Crippen LogP contribution is 1.68. The van der Waals surface area contributed by atoms with Gasteiger partial charge in [0.1, 0.15) is 0 Å². The Morgan fingerprint density at radius 1 is 1.29 bits per heavy atom. The van der Waals surface area contributed by atoms with E-state index < -0.39 is 0 Å². The molecule has 0 atom stereocenters. The molecule has 1 heteroatoms. The van der Waals surface area contributed by atoms with Crippen molar-refractivity contribution < 1.29 is 0 Å². The van der Waals surface area contributed by atoms with E-state index in [1.807, 2.05) is 6.92 Å². The van der Waals surface area contributed by atoms with Crippen molar-refractivity contribution in [1.29, 1.82) is 0 Å². The fourth-order valence-corrected chi connectivity index (χ4v) is 0. The Morgan fingerprint density at radius 2 is 1.29 bits per heavy atom. The van der Waals surface area contributed by atoms with Gasteiger partial charge in [-0.3, -0.25) is 0 Å². The monoisotopic (exact) mass is 116 g/mol. The average molecular weight is 116 g/mol. The minimum Gasteiger partial charge on any atom is -0.103 e. The molecule has 0 amide bonds. The maximum atomic E-state index is 3.36. The molecule has 44 valence electrons. The van der Waals surface area contributed by atoms with Crippen LogP contribution in [0.1, 0.15) is 6.92 Å². The van der Waals surface area contributed by atoms with Crippen molar-refractivity contribution >= 4 is 8.80 Å². The van der Waals surface area contributed by atoms with Gasteiger partial charge in [0.25, 0.3) is 0 Å². The van der Waals surface area contributed by atoms with Crippen LogP contribution >= 0.6 is 0 Å². The Hall–Kier alpha value is -0.0431. The maximum absolute atomic E-state index is 3.36. The second-order valence-corrected chi connectivity index (χ2v) is 5.60. The van der Waals surface area contributed by atoms with Crippen LogP contribution in [0.2, 0.25) is 19.6 Å². The second kappa shape index (κ2) is 9.35. The summed E-state index contributed by atoms with van der Waals surface area (Å²) in [6.07, 6.45) is 1.75. The molecule has 0 aromatic rings. The molecule has 0 aromatic heterocycles. The van der Waals surface area contributed by atoms with Gasteiger partial charge in [0, 0.05) is 8.80 Å². The predicted molar refractivity (Wildman–Crippen MR) is 40.6 cm³/mol. The van der Waals surface area contributed by atoms with Crippen molar-refractivity contribution in [1.82, 2.24) is 0 Å². The first-order chi connectivity index (χ1) is 3.15. The Labute approximate surface area is 48.9 Å². The van der Waals surface area contributed by atoms with Crippen LogP contribution in [0.3, 0.4) is 0 Å². The van der Waals surface area contributed by atoms with Crippen molar-refractivity contribution in [2.24, 2.45) is 0 Å². The first-order valence-electron chi connectivity index (χ1n) is 2.72. The zero-order valence-electron chi connectivity index (χ0n) is 5.86. The summed E-state index contributed by atoms with van der Waals surface area (Å²) in [5.41, 5.74) is 0. The predicted octanol–water partition coefficient (Wildman–Crippen LogP) is 2.30. The van der Waals surface area contributed by atoms with Gasteiger partial charge in [-0.15, -0.1) is 6.58 Å². The SMILES string of the molecule is C=CC.C[SiH](C)C. The maximum Gasteiger partial charge on any atom is 0.0274 e. The fourth-order valence-electron chi connectivity index (χ4n) is 0. The Bertz CT molecular complexity index is 28.4. The molecule has 0 saturated heterocycles. The van der Waals surface area contributed by atoms with E-state index in [-0.39, 0.29) is 8.80 Å². The van der Waals surface area contributed by atoms with Crippen molar-refractivity contribution in [3.63, 3.8) is 0 Å². The summed E-state index contributed by atoms with van der Waals surface area (Å²) in [6, 6.07) is 0. The van der Waals surface area contributed by atoms with E-state index in [0.717, 1.165) is 0 Å². The summed E-state index contributed by atoms with van der Waals surface area (Å²) in [6.45, 7) is 12.2. The van der Waals surface area contributed by atoms with Crippen LogP contribution in [-0.2, 0) is 0 Å². The molecule has 0 aromatic carbocycles. The van der Waals surface area contributed by atoms with E-state index in [4.69, 9.17) is 0 Å². The van der Waals surface area contributed by atoms with E-state index in [1.54, 1.807) is 6.08 Å². The van der Waals surface area contributed by atoms with Crippen molar-refractivity contribution in [3.8, 4) is 0 Å². The third-order valence-electron chi connectivity index (χ3n) is 0. The lowest BCUT2D eigenvalue weighted by molar-refractivity contribution is 1.80. The second-order valence-electron chi connectivity index (χ2n) is 2.14. The van der Waals surface area contributed by atoms with Gasteiger partial charge < -0.3 is 0 Å². The highest BCUT2D eigenvalue weighted by Gasteiger charge is 1.71. The third kappa shape index (κ3) is 50200. The van der Waals surface area contributed by atoms with Crippen LogP contribution in [0.25, 0.3) is 0 Å². The minimum absolute atomic E-state index is 0.139. The molecule has 7 heavy (non-hydrogen) atoms. The van der Waals surface area contributed by atoms with Gasteiger partial charge in [-0.05, 0) is 6.92 Å². The first-order valence-corrected chi connectivity index (χ1v) is 6.18. The number of rotatable bonds is 0. The zero-order chi connectivity index (χ0) is 6.28. The lowest BCUT2D eigenvalue weighted by Gasteiger charge is -1.75. The quantitative estimate of drug-likeness (QED) is 0.336. The summed E-state index contributed by atoms with van der Waals surface area (Å²) < 4.78 is 0. The van der Waals surface area contributed by atoms with E-state index in [0.29, 0.717) is 0 Å². The average Bonchev–Trinajstić information content (AvgIpc) is 1.33. The van der Waals surface area contributed by atoms with Crippen molar-refractivity contribution in [2.75, 3.05) is 0 Å². The summed E-state index contributed by atoms with van der Waals surface area (Å²) in [5.74, 6) is 0. The van der Waals surface area contributed by atoms with Gasteiger partial charge in [-0.25, -0.2) is 0 Å². The van der Waals surface area contributed by atoms with Crippen molar-refractivity contribution in [2.45, 2.75) is 26.6 Å². The lowest BCUT2D eigenvalue weighted by atomic mass is 10.8. The molecule has 0 bridgehead atoms. The highest BCUT2D eigenvalue weighted by molar-refractivity contribution is 6.54.